The summed E-state index contributed by atoms with van der Waals surface area (Å²) in [5.41, 5.74) is 0.410. The molecule has 1 N–H and O–H groups in total. The van der Waals surface area contributed by atoms with Crippen molar-refractivity contribution in [1.82, 2.24) is 4.90 Å². The molecule has 0 radical (unpaired) electrons. The Kier molecular flexibility index (Phi) is 4.03. The molecule has 2 rings (SSSR count). The lowest BCUT2D eigenvalue weighted by molar-refractivity contribution is -0.384. The summed E-state index contributed by atoms with van der Waals surface area (Å²) in [5, 5.41) is 18.5. The molecule has 1 aromatic rings. The molecular weight excluding hydrogens is 300 g/mol. The van der Waals surface area contributed by atoms with Gasteiger partial charge in [0, 0.05) is 12.1 Å². The predicted molar refractivity (Wildman–Crippen MR) is 73.4 cm³/mol. The standard InChI is InChI=1S/C12H8N2O6S/c15-10(16)6-13-11(17)9(21-12(13)18)5-7-1-3-8(4-2-7)14(19)20/h1-5H,6H2,(H,15,16)/b9-5+. The fourth-order valence-corrected chi connectivity index (χ4v) is 2.45. The number of carbonyl (C=O) groups is 3. The van der Waals surface area contributed by atoms with Crippen molar-refractivity contribution in [2.45, 2.75) is 0 Å². The van der Waals surface area contributed by atoms with Gasteiger partial charge >= 0.3 is 5.97 Å². The first-order valence-corrected chi connectivity index (χ1v) is 6.42. The molecule has 0 aliphatic carbocycles. The Morgan fingerprint density at radius 1 is 1.33 bits per heavy atom. The smallest absolute Gasteiger partial charge is 0.323 e. The van der Waals surface area contributed by atoms with Gasteiger partial charge in [0.05, 0.1) is 9.83 Å². The van der Waals surface area contributed by atoms with Crippen LogP contribution in [-0.4, -0.2) is 38.6 Å². The Bertz CT molecular complexity index is 667. The number of carboxylic acid groups (broad SMARTS) is 1. The monoisotopic (exact) mass is 308 g/mol. The van der Waals surface area contributed by atoms with E-state index in [0.717, 1.165) is 0 Å². The first-order valence-electron chi connectivity index (χ1n) is 5.60. The zero-order valence-electron chi connectivity index (χ0n) is 10.4. The van der Waals surface area contributed by atoms with E-state index in [0.29, 0.717) is 22.2 Å². The van der Waals surface area contributed by atoms with Crippen LogP contribution in [0, 0.1) is 10.1 Å². The van der Waals surface area contributed by atoms with E-state index in [9.17, 15) is 24.5 Å². The molecule has 1 saturated heterocycles. The number of aliphatic carboxylic acids is 1. The van der Waals surface area contributed by atoms with E-state index in [-0.39, 0.29) is 10.6 Å². The van der Waals surface area contributed by atoms with Gasteiger partial charge in [0.1, 0.15) is 6.54 Å². The van der Waals surface area contributed by atoms with Gasteiger partial charge < -0.3 is 5.11 Å². The molecule has 1 aliphatic heterocycles. The van der Waals surface area contributed by atoms with Crippen molar-refractivity contribution in [3.63, 3.8) is 0 Å². The number of hydrogen-bond acceptors (Lipinski definition) is 6. The van der Waals surface area contributed by atoms with Gasteiger partial charge in [-0.3, -0.25) is 29.4 Å². The number of hydrogen-bond donors (Lipinski definition) is 1. The molecule has 0 bridgehead atoms. The van der Waals surface area contributed by atoms with Crippen LogP contribution in [0.3, 0.4) is 0 Å². The minimum Gasteiger partial charge on any atom is -0.480 e. The van der Waals surface area contributed by atoms with Crippen molar-refractivity contribution in [2.24, 2.45) is 0 Å². The van der Waals surface area contributed by atoms with E-state index in [4.69, 9.17) is 5.11 Å². The molecule has 1 fully saturated rings. The van der Waals surface area contributed by atoms with Crippen molar-refractivity contribution >= 4 is 40.6 Å². The average Bonchev–Trinajstić information content (AvgIpc) is 2.67. The van der Waals surface area contributed by atoms with E-state index in [1.807, 2.05) is 0 Å². The summed E-state index contributed by atoms with van der Waals surface area (Å²) in [7, 11) is 0. The molecule has 0 spiro atoms. The molecule has 1 aliphatic rings. The van der Waals surface area contributed by atoms with Gasteiger partial charge in [-0.2, -0.15) is 0 Å². The lowest BCUT2D eigenvalue weighted by Gasteiger charge is -2.07. The molecule has 0 unspecified atom stereocenters. The van der Waals surface area contributed by atoms with Crippen LogP contribution >= 0.6 is 11.8 Å². The molecule has 108 valence electrons. The van der Waals surface area contributed by atoms with Gasteiger partial charge in [-0.15, -0.1) is 0 Å². The highest BCUT2D eigenvalue weighted by Gasteiger charge is 2.36. The maximum atomic E-state index is 11.9. The SMILES string of the molecule is O=C(O)CN1C(=O)S/C(=C/c2ccc([N+](=O)[O-])cc2)C1=O. The summed E-state index contributed by atoms with van der Waals surface area (Å²) in [4.78, 5) is 44.7. The first kappa shape index (κ1) is 14.7. The van der Waals surface area contributed by atoms with Gasteiger partial charge in [0.25, 0.3) is 16.8 Å². The zero-order chi connectivity index (χ0) is 15.6. The highest BCUT2D eigenvalue weighted by molar-refractivity contribution is 8.18. The zero-order valence-corrected chi connectivity index (χ0v) is 11.2. The fourth-order valence-electron chi connectivity index (χ4n) is 1.62. The second-order valence-corrected chi connectivity index (χ2v) is 5.00. The second kappa shape index (κ2) is 5.75. The van der Waals surface area contributed by atoms with Crippen LogP contribution in [0.4, 0.5) is 10.5 Å². The van der Waals surface area contributed by atoms with E-state index < -0.39 is 28.6 Å². The molecular formula is C12H8N2O6S. The maximum Gasteiger partial charge on any atom is 0.323 e. The summed E-state index contributed by atoms with van der Waals surface area (Å²) in [6.45, 7) is -0.692. The summed E-state index contributed by atoms with van der Waals surface area (Å²) >= 11 is 0.630. The van der Waals surface area contributed by atoms with Crippen LogP contribution in [0.15, 0.2) is 29.2 Å². The van der Waals surface area contributed by atoms with Crippen LogP contribution in [0.1, 0.15) is 5.56 Å². The number of imide groups is 1. The second-order valence-electron chi connectivity index (χ2n) is 4.01. The third kappa shape index (κ3) is 3.26. The fraction of sp³-hybridized carbons (Fsp3) is 0.0833. The predicted octanol–water partition coefficient (Wildman–Crippen LogP) is 1.72. The number of nitro groups is 1. The van der Waals surface area contributed by atoms with Gasteiger partial charge in [-0.05, 0) is 35.5 Å². The Balaban J connectivity index is 2.22. The third-order valence-corrected chi connectivity index (χ3v) is 3.48. The van der Waals surface area contributed by atoms with Crippen molar-refractivity contribution in [1.29, 1.82) is 0 Å². The number of non-ortho nitro benzene ring substituents is 1. The van der Waals surface area contributed by atoms with Crippen molar-refractivity contribution < 1.29 is 24.4 Å². The van der Waals surface area contributed by atoms with Gasteiger partial charge in [-0.1, -0.05) is 0 Å². The molecule has 1 aromatic carbocycles. The quantitative estimate of drug-likeness (QED) is 0.511. The van der Waals surface area contributed by atoms with E-state index >= 15 is 0 Å². The maximum absolute atomic E-state index is 11.9. The van der Waals surface area contributed by atoms with Crippen LogP contribution in [0.25, 0.3) is 6.08 Å². The van der Waals surface area contributed by atoms with Crippen molar-refractivity contribution in [2.75, 3.05) is 6.54 Å². The number of carbonyl (C=O) groups excluding carboxylic acids is 2. The molecule has 0 saturated carbocycles. The molecule has 0 atom stereocenters. The highest BCUT2D eigenvalue weighted by atomic mass is 32.2. The number of thioether (sulfide) groups is 1. The Morgan fingerprint density at radius 2 is 1.95 bits per heavy atom. The summed E-state index contributed by atoms with van der Waals surface area (Å²) < 4.78 is 0. The lowest BCUT2D eigenvalue weighted by atomic mass is 10.2. The van der Waals surface area contributed by atoms with Crippen molar-refractivity contribution in [3.8, 4) is 0 Å². The first-order chi connectivity index (χ1) is 9.88. The molecule has 9 heteroatoms. The van der Waals surface area contributed by atoms with Gasteiger partial charge in [-0.25, -0.2) is 0 Å². The molecule has 2 amide bonds. The van der Waals surface area contributed by atoms with E-state index in [1.165, 1.54) is 30.3 Å². The average molecular weight is 308 g/mol. The Labute approximate surface area is 122 Å². The third-order valence-electron chi connectivity index (χ3n) is 2.57. The molecule has 0 aromatic heterocycles. The number of nitro benzene ring substituents is 1. The number of nitrogens with zero attached hydrogens (tertiary/aromatic N) is 2. The summed E-state index contributed by atoms with van der Waals surface area (Å²) in [6.07, 6.45) is 1.39. The molecule has 8 nitrogen and oxygen atoms in total. The van der Waals surface area contributed by atoms with Gasteiger partial charge in [0.15, 0.2) is 0 Å². The largest absolute Gasteiger partial charge is 0.480 e. The van der Waals surface area contributed by atoms with E-state index in [2.05, 4.69) is 0 Å². The molecule has 21 heavy (non-hydrogen) atoms. The minimum atomic E-state index is -1.28. The minimum absolute atomic E-state index is 0.0788. The summed E-state index contributed by atoms with van der Waals surface area (Å²) in [5.74, 6) is -1.97. The van der Waals surface area contributed by atoms with Crippen LogP contribution < -0.4 is 0 Å². The topological polar surface area (TPSA) is 118 Å². The highest BCUT2D eigenvalue weighted by Crippen LogP contribution is 2.32. The number of carboxylic acids is 1. The van der Waals surface area contributed by atoms with Crippen LogP contribution in [0.2, 0.25) is 0 Å². The Hall–Kier alpha value is -2.68. The summed E-state index contributed by atoms with van der Waals surface area (Å²) in [6, 6.07) is 5.41. The van der Waals surface area contributed by atoms with Crippen LogP contribution in [0.5, 0.6) is 0 Å². The van der Waals surface area contributed by atoms with Gasteiger partial charge in [0.2, 0.25) is 0 Å². The number of amides is 2. The van der Waals surface area contributed by atoms with E-state index in [1.54, 1.807) is 0 Å². The molecule has 1 heterocycles. The number of benzene rings is 1. The number of rotatable bonds is 4. The lowest BCUT2D eigenvalue weighted by Crippen LogP contribution is -2.33. The van der Waals surface area contributed by atoms with Crippen molar-refractivity contribution in [3.05, 3.63) is 44.8 Å². The normalized spacial score (nSPS) is 16.6. The Morgan fingerprint density at radius 3 is 2.48 bits per heavy atom. The van der Waals surface area contributed by atoms with Crippen LogP contribution in [-0.2, 0) is 9.59 Å².